The Morgan fingerprint density at radius 3 is 2.37 bits per heavy atom. The van der Waals surface area contributed by atoms with Gasteiger partial charge in [0.2, 0.25) is 0 Å². The zero-order chi connectivity index (χ0) is 13.8. The van der Waals surface area contributed by atoms with Crippen LogP contribution in [0.25, 0.3) is 11.1 Å². The van der Waals surface area contributed by atoms with E-state index in [0.717, 1.165) is 15.6 Å². The van der Waals surface area contributed by atoms with Crippen LogP contribution in [0.15, 0.2) is 46.9 Å². The Kier molecular flexibility index (Phi) is 4.22. The third kappa shape index (κ3) is 2.79. The minimum Gasteiger partial charge on any atom is -0.496 e. The summed E-state index contributed by atoms with van der Waals surface area (Å²) in [7, 11) is 2.88. The number of esters is 1. The van der Waals surface area contributed by atoms with Gasteiger partial charge >= 0.3 is 5.97 Å². The van der Waals surface area contributed by atoms with E-state index in [4.69, 9.17) is 9.47 Å². The Hall–Kier alpha value is -1.81. The Balaban J connectivity index is 2.57. The second kappa shape index (κ2) is 5.89. The fourth-order valence-corrected chi connectivity index (χ4v) is 2.40. The molecule has 0 saturated carbocycles. The summed E-state index contributed by atoms with van der Waals surface area (Å²) in [5, 5.41) is 0. The van der Waals surface area contributed by atoms with Gasteiger partial charge in [0, 0.05) is 4.47 Å². The maximum atomic E-state index is 11.7. The van der Waals surface area contributed by atoms with Crippen LogP contribution in [0, 0.1) is 0 Å². The van der Waals surface area contributed by atoms with Gasteiger partial charge in [0.15, 0.2) is 0 Å². The van der Waals surface area contributed by atoms with E-state index in [0.29, 0.717) is 11.3 Å². The molecule has 98 valence electrons. The summed E-state index contributed by atoms with van der Waals surface area (Å²) >= 11 is 3.48. The molecule has 0 fully saturated rings. The van der Waals surface area contributed by atoms with Crippen molar-refractivity contribution in [3.8, 4) is 16.9 Å². The lowest BCUT2D eigenvalue weighted by molar-refractivity contribution is 0.0597. The van der Waals surface area contributed by atoms with Crippen molar-refractivity contribution in [2.75, 3.05) is 14.2 Å². The van der Waals surface area contributed by atoms with Crippen LogP contribution >= 0.6 is 15.9 Å². The van der Waals surface area contributed by atoms with Crippen molar-refractivity contribution in [3.63, 3.8) is 0 Å². The van der Waals surface area contributed by atoms with Gasteiger partial charge in [-0.2, -0.15) is 0 Å². The van der Waals surface area contributed by atoms with Crippen molar-refractivity contribution >= 4 is 21.9 Å². The maximum Gasteiger partial charge on any atom is 0.341 e. The van der Waals surface area contributed by atoms with E-state index in [1.165, 1.54) is 14.2 Å². The van der Waals surface area contributed by atoms with Gasteiger partial charge in [-0.25, -0.2) is 4.79 Å². The molecule has 0 aliphatic rings. The van der Waals surface area contributed by atoms with Crippen molar-refractivity contribution in [2.24, 2.45) is 0 Å². The molecule has 0 N–H and O–H groups in total. The molecule has 2 aromatic carbocycles. The zero-order valence-corrected chi connectivity index (χ0v) is 12.2. The first-order chi connectivity index (χ1) is 9.17. The maximum absolute atomic E-state index is 11.7. The third-order valence-corrected chi connectivity index (χ3v) is 3.44. The number of benzene rings is 2. The number of carbonyl (C=O) groups excluding carboxylic acids is 1. The highest BCUT2D eigenvalue weighted by molar-refractivity contribution is 9.10. The van der Waals surface area contributed by atoms with E-state index in [2.05, 4.69) is 15.9 Å². The molecule has 0 aliphatic heterocycles. The van der Waals surface area contributed by atoms with Crippen LogP contribution in [-0.2, 0) is 4.74 Å². The van der Waals surface area contributed by atoms with E-state index in [-0.39, 0.29) is 0 Å². The highest BCUT2D eigenvalue weighted by atomic mass is 79.9. The lowest BCUT2D eigenvalue weighted by Gasteiger charge is -2.11. The number of halogens is 1. The van der Waals surface area contributed by atoms with Gasteiger partial charge in [-0.3, -0.25) is 0 Å². The Labute approximate surface area is 120 Å². The average Bonchev–Trinajstić information content (AvgIpc) is 2.47. The van der Waals surface area contributed by atoms with Crippen LogP contribution in [0.3, 0.4) is 0 Å². The van der Waals surface area contributed by atoms with E-state index in [1.807, 2.05) is 36.4 Å². The van der Waals surface area contributed by atoms with Crippen molar-refractivity contribution in [1.82, 2.24) is 0 Å². The van der Waals surface area contributed by atoms with Gasteiger partial charge in [-0.05, 0) is 23.3 Å². The van der Waals surface area contributed by atoms with Crippen molar-refractivity contribution in [2.45, 2.75) is 0 Å². The number of rotatable bonds is 3. The van der Waals surface area contributed by atoms with E-state index >= 15 is 0 Å². The highest BCUT2D eigenvalue weighted by Gasteiger charge is 2.16. The van der Waals surface area contributed by atoms with Gasteiger partial charge in [-0.1, -0.05) is 46.3 Å². The smallest absolute Gasteiger partial charge is 0.341 e. The molecule has 0 bridgehead atoms. The molecule has 0 saturated heterocycles. The zero-order valence-electron chi connectivity index (χ0n) is 10.6. The topological polar surface area (TPSA) is 35.5 Å². The number of ether oxygens (including phenoxy) is 2. The number of carbonyl (C=O) groups is 1. The molecule has 0 unspecified atom stereocenters. The highest BCUT2D eigenvalue weighted by Crippen LogP contribution is 2.34. The van der Waals surface area contributed by atoms with Crippen LogP contribution in [-0.4, -0.2) is 20.2 Å². The summed E-state index contributed by atoms with van der Waals surface area (Å²) in [5.41, 5.74) is 2.41. The third-order valence-electron chi connectivity index (χ3n) is 2.78. The molecular formula is C15H13BrO3. The van der Waals surface area contributed by atoms with Gasteiger partial charge in [0.1, 0.15) is 11.3 Å². The fraction of sp³-hybridized carbons (Fsp3) is 0.133. The van der Waals surface area contributed by atoms with Crippen molar-refractivity contribution < 1.29 is 14.3 Å². The van der Waals surface area contributed by atoms with Gasteiger partial charge in [0.05, 0.1) is 14.2 Å². The van der Waals surface area contributed by atoms with Crippen molar-refractivity contribution in [1.29, 1.82) is 0 Å². The summed E-state index contributed by atoms with van der Waals surface area (Å²) in [5.74, 6) is 0.0751. The molecule has 2 rings (SSSR count). The first-order valence-corrected chi connectivity index (χ1v) is 6.48. The lowest BCUT2D eigenvalue weighted by Crippen LogP contribution is -2.04. The minimum absolute atomic E-state index is 0.400. The van der Waals surface area contributed by atoms with Gasteiger partial charge in [-0.15, -0.1) is 0 Å². The van der Waals surface area contributed by atoms with Crippen LogP contribution in [0.5, 0.6) is 5.75 Å². The summed E-state index contributed by atoms with van der Waals surface area (Å²) in [6.45, 7) is 0. The van der Waals surface area contributed by atoms with Crippen LogP contribution in [0.1, 0.15) is 10.4 Å². The first kappa shape index (κ1) is 13.6. The average molecular weight is 321 g/mol. The first-order valence-electron chi connectivity index (χ1n) is 5.68. The number of hydrogen-bond acceptors (Lipinski definition) is 3. The standard InChI is InChI=1S/C15H13BrO3/c1-18-14-9-11(10-6-4-3-5-7-10)13(16)8-12(14)15(17)19-2/h3-9H,1-2H3. The monoisotopic (exact) mass is 320 g/mol. The fourth-order valence-electron chi connectivity index (χ4n) is 1.83. The number of hydrogen-bond donors (Lipinski definition) is 0. The second-order valence-corrected chi connectivity index (χ2v) is 4.74. The van der Waals surface area contributed by atoms with E-state index in [1.54, 1.807) is 6.07 Å². The molecule has 0 aliphatic carbocycles. The molecular weight excluding hydrogens is 308 g/mol. The summed E-state index contributed by atoms with van der Waals surface area (Å²) in [6, 6.07) is 13.4. The summed E-state index contributed by atoms with van der Waals surface area (Å²) in [6.07, 6.45) is 0. The molecule has 4 heteroatoms. The normalized spacial score (nSPS) is 10.1. The van der Waals surface area contributed by atoms with E-state index < -0.39 is 5.97 Å². The van der Waals surface area contributed by atoms with E-state index in [9.17, 15) is 4.79 Å². The predicted octanol–water partition coefficient (Wildman–Crippen LogP) is 3.91. The largest absolute Gasteiger partial charge is 0.496 e. The van der Waals surface area contributed by atoms with Crippen LogP contribution < -0.4 is 4.74 Å². The second-order valence-electron chi connectivity index (χ2n) is 3.89. The predicted molar refractivity (Wildman–Crippen MR) is 77.5 cm³/mol. The lowest BCUT2D eigenvalue weighted by atomic mass is 10.0. The quantitative estimate of drug-likeness (QED) is 0.804. The van der Waals surface area contributed by atoms with Crippen LogP contribution in [0.2, 0.25) is 0 Å². The Morgan fingerprint density at radius 2 is 1.79 bits per heavy atom. The summed E-state index contributed by atoms with van der Waals surface area (Å²) in [4.78, 5) is 11.7. The van der Waals surface area contributed by atoms with Crippen LogP contribution in [0.4, 0.5) is 0 Å². The molecule has 0 atom stereocenters. The molecule has 0 radical (unpaired) electrons. The molecule has 2 aromatic rings. The van der Waals surface area contributed by atoms with Crippen molar-refractivity contribution in [3.05, 3.63) is 52.5 Å². The minimum atomic E-state index is -0.419. The SMILES string of the molecule is COC(=O)c1cc(Br)c(-c2ccccc2)cc1OC. The molecule has 3 nitrogen and oxygen atoms in total. The molecule has 0 aromatic heterocycles. The summed E-state index contributed by atoms with van der Waals surface area (Å²) < 4.78 is 10.8. The Bertz CT molecular complexity index is 594. The number of methoxy groups -OCH3 is 2. The van der Waals surface area contributed by atoms with Gasteiger partial charge < -0.3 is 9.47 Å². The molecule has 0 heterocycles. The Morgan fingerprint density at radius 1 is 1.11 bits per heavy atom. The molecule has 19 heavy (non-hydrogen) atoms. The molecule has 0 amide bonds. The van der Waals surface area contributed by atoms with Gasteiger partial charge in [0.25, 0.3) is 0 Å². The molecule has 0 spiro atoms.